The van der Waals surface area contributed by atoms with Crippen LogP contribution < -0.4 is 5.32 Å². The van der Waals surface area contributed by atoms with Crippen LogP contribution in [0.2, 0.25) is 0 Å². The van der Waals surface area contributed by atoms with Crippen molar-refractivity contribution in [2.45, 2.75) is 18.5 Å². The number of carbonyl (C=O) groups is 1. The van der Waals surface area contributed by atoms with Gasteiger partial charge in [-0.3, -0.25) is 4.79 Å². The van der Waals surface area contributed by atoms with Crippen molar-refractivity contribution in [3.05, 3.63) is 71.0 Å². The monoisotopic (exact) mass is 361 g/mol. The van der Waals surface area contributed by atoms with Gasteiger partial charge in [-0.25, -0.2) is 4.39 Å². The molecule has 0 aromatic heterocycles. The normalized spacial score (nSPS) is 18.6. The van der Waals surface area contributed by atoms with E-state index in [0.717, 1.165) is 12.1 Å². The quantitative estimate of drug-likeness (QED) is 0.647. The van der Waals surface area contributed by atoms with Gasteiger partial charge in [0.2, 0.25) is 5.91 Å². The molecule has 0 spiro atoms. The third kappa shape index (κ3) is 4.23. The van der Waals surface area contributed by atoms with E-state index in [-0.39, 0.29) is 35.7 Å². The number of amides is 1. The molecule has 0 saturated heterocycles. The van der Waals surface area contributed by atoms with Crippen molar-refractivity contribution in [1.29, 1.82) is 0 Å². The molecular formula is C20H15F4NO. The van der Waals surface area contributed by atoms with Crippen LogP contribution >= 0.6 is 0 Å². The summed E-state index contributed by atoms with van der Waals surface area (Å²) < 4.78 is 51.6. The van der Waals surface area contributed by atoms with Crippen LogP contribution in [-0.2, 0) is 11.0 Å². The molecule has 1 fully saturated rings. The smallest absolute Gasteiger partial charge is 0.345 e. The standard InChI is InChI=1S/C20H15F4NO/c21-18-9-2-1-8-15(18)16-12-17(16)19(26)25-10-4-6-13-5-3-7-14(11-13)20(22,23)24/h1-3,5,7-9,11,16-17H,10,12H2,(H,25,26). The maximum atomic E-state index is 13.7. The Balaban J connectivity index is 1.53. The number of rotatable bonds is 3. The Kier molecular flexibility index (Phi) is 4.99. The topological polar surface area (TPSA) is 29.1 Å². The first-order valence-corrected chi connectivity index (χ1v) is 8.04. The van der Waals surface area contributed by atoms with Gasteiger partial charge in [-0.1, -0.05) is 36.1 Å². The molecule has 134 valence electrons. The minimum atomic E-state index is -4.42. The van der Waals surface area contributed by atoms with Gasteiger partial charge in [0.05, 0.1) is 12.1 Å². The molecular weight excluding hydrogens is 346 g/mol. The van der Waals surface area contributed by atoms with Crippen LogP contribution in [0.3, 0.4) is 0 Å². The Labute approximate surface area is 148 Å². The van der Waals surface area contributed by atoms with Crippen LogP contribution in [0.25, 0.3) is 0 Å². The summed E-state index contributed by atoms with van der Waals surface area (Å²) in [6.45, 7) is 0.0234. The molecule has 2 nitrogen and oxygen atoms in total. The van der Waals surface area contributed by atoms with Gasteiger partial charge in [0, 0.05) is 11.5 Å². The van der Waals surface area contributed by atoms with Crippen molar-refractivity contribution in [3.8, 4) is 11.8 Å². The molecule has 3 rings (SSSR count). The second-order valence-corrected chi connectivity index (χ2v) is 6.07. The second-order valence-electron chi connectivity index (χ2n) is 6.07. The molecule has 1 aliphatic rings. The zero-order valence-corrected chi connectivity index (χ0v) is 13.6. The molecule has 26 heavy (non-hydrogen) atoms. The van der Waals surface area contributed by atoms with Crippen LogP contribution in [0.15, 0.2) is 48.5 Å². The molecule has 0 heterocycles. The van der Waals surface area contributed by atoms with E-state index < -0.39 is 11.7 Å². The van der Waals surface area contributed by atoms with Crippen LogP contribution in [0.1, 0.15) is 29.0 Å². The maximum absolute atomic E-state index is 13.7. The Morgan fingerprint density at radius 2 is 1.92 bits per heavy atom. The molecule has 0 bridgehead atoms. The number of carbonyl (C=O) groups excluding carboxylic acids is 1. The summed E-state index contributed by atoms with van der Waals surface area (Å²) in [7, 11) is 0. The Hall–Kier alpha value is -2.81. The lowest BCUT2D eigenvalue weighted by atomic mass is 10.1. The molecule has 6 heteroatoms. The summed E-state index contributed by atoms with van der Waals surface area (Å²) in [6.07, 6.45) is -3.84. The highest BCUT2D eigenvalue weighted by molar-refractivity contribution is 5.83. The van der Waals surface area contributed by atoms with Crippen molar-refractivity contribution in [3.63, 3.8) is 0 Å². The highest BCUT2D eigenvalue weighted by Gasteiger charge is 2.44. The average Bonchev–Trinajstić information content (AvgIpc) is 3.39. The van der Waals surface area contributed by atoms with Gasteiger partial charge in [-0.2, -0.15) is 13.2 Å². The predicted octanol–water partition coefficient (Wildman–Crippen LogP) is 4.12. The Morgan fingerprint density at radius 1 is 1.15 bits per heavy atom. The molecule has 0 radical (unpaired) electrons. The van der Waals surface area contributed by atoms with E-state index in [1.54, 1.807) is 18.2 Å². The van der Waals surface area contributed by atoms with E-state index >= 15 is 0 Å². The van der Waals surface area contributed by atoms with Gasteiger partial charge in [-0.05, 0) is 42.2 Å². The van der Waals surface area contributed by atoms with Gasteiger partial charge in [0.15, 0.2) is 0 Å². The molecule has 2 unspecified atom stereocenters. The number of nitrogens with one attached hydrogen (secondary N) is 1. The van der Waals surface area contributed by atoms with Crippen LogP contribution in [0.4, 0.5) is 17.6 Å². The van der Waals surface area contributed by atoms with Crippen LogP contribution in [0, 0.1) is 23.6 Å². The molecule has 1 aliphatic carbocycles. The molecule has 1 N–H and O–H groups in total. The Morgan fingerprint density at radius 3 is 2.65 bits per heavy atom. The molecule has 2 aromatic rings. The number of halogens is 4. The van der Waals surface area contributed by atoms with E-state index in [1.807, 2.05) is 0 Å². The summed E-state index contributed by atoms with van der Waals surface area (Å²) in [5.74, 6) is 4.27. The summed E-state index contributed by atoms with van der Waals surface area (Å²) in [5, 5.41) is 2.62. The molecule has 2 aromatic carbocycles. The summed E-state index contributed by atoms with van der Waals surface area (Å²) in [5.41, 5.74) is -0.00789. The van der Waals surface area contributed by atoms with Crippen LogP contribution in [0.5, 0.6) is 0 Å². The van der Waals surface area contributed by atoms with Gasteiger partial charge in [0.25, 0.3) is 0 Å². The SMILES string of the molecule is O=C(NCC#Cc1cccc(C(F)(F)F)c1)C1CC1c1ccccc1F. The fourth-order valence-corrected chi connectivity index (χ4v) is 2.79. The highest BCUT2D eigenvalue weighted by atomic mass is 19.4. The molecule has 1 saturated carbocycles. The number of hydrogen-bond donors (Lipinski definition) is 1. The van der Waals surface area contributed by atoms with Gasteiger partial charge in [-0.15, -0.1) is 0 Å². The largest absolute Gasteiger partial charge is 0.416 e. The number of benzene rings is 2. The van der Waals surface area contributed by atoms with Gasteiger partial charge >= 0.3 is 6.18 Å². The first-order valence-electron chi connectivity index (χ1n) is 8.04. The fourth-order valence-electron chi connectivity index (χ4n) is 2.79. The number of hydrogen-bond acceptors (Lipinski definition) is 1. The third-order valence-electron chi connectivity index (χ3n) is 4.21. The zero-order valence-electron chi connectivity index (χ0n) is 13.6. The van der Waals surface area contributed by atoms with E-state index in [9.17, 15) is 22.4 Å². The third-order valence-corrected chi connectivity index (χ3v) is 4.21. The predicted molar refractivity (Wildman–Crippen MR) is 88.6 cm³/mol. The van der Waals surface area contributed by atoms with E-state index in [2.05, 4.69) is 17.2 Å². The summed E-state index contributed by atoms with van der Waals surface area (Å²) >= 11 is 0. The van der Waals surface area contributed by atoms with Crippen molar-refractivity contribution in [1.82, 2.24) is 5.32 Å². The van der Waals surface area contributed by atoms with Gasteiger partial charge in [0.1, 0.15) is 5.82 Å². The summed E-state index contributed by atoms with van der Waals surface area (Å²) in [6, 6.07) is 11.1. The highest BCUT2D eigenvalue weighted by Crippen LogP contribution is 2.48. The molecule has 1 amide bonds. The lowest BCUT2D eigenvalue weighted by Gasteiger charge is -2.05. The Bertz CT molecular complexity index is 879. The van der Waals surface area contributed by atoms with Gasteiger partial charge < -0.3 is 5.32 Å². The maximum Gasteiger partial charge on any atom is 0.416 e. The first-order chi connectivity index (χ1) is 12.4. The number of alkyl halides is 3. The lowest BCUT2D eigenvalue weighted by molar-refractivity contribution is -0.137. The minimum absolute atomic E-state index is 0.0234. The molecule has 2 atom stereocenters. The zero-order chi connectivity index (χ0) is 18.7. The van der Waals surface area contributed by atoms with Crippen LogP contribution in [-0.4, -0.2) is 12.5 Å². The van der Waals surface area contributed by atoms with E-state index in [4.69, 9.17) is 0 Å². The summed E-state index contributed by atoms with van der Waals surface area (Å²) in [4.78, 5) is 12.0. The first kappa shape index (κ1) is 18.0. The van der Waals surface area contributed by atoms with Crippen molar-refractivity contribution in [2.75, 3.05) is 6.54 Å². The molecule has 0 aliphatic heterocycles. The van der Waals surface area contributed by atoms with E-state index in [1.165, 1.54) is 18.2 Å². The van der Waals surface area contributed by atoms with Crippen molar-refractivity contribution in [2.24, 2.45) is 5.92 Å². The average molecular weight is 361 g/mol. The van der Waals surface area contributed by atoms with Crippen molar-refractivity contribution >= 4 is 5.91 Å². The van der Waals surface area contributed by atoms with E-state index in [0.29, 0.717) is 12.0 Å². The lowest BCUT2D eigenvalue weighted by Crippen LogP contribution is -2.25. The second kappa shape index (κ2) is 7.20. The fraction of sp³-hybridized carbons (Fsp3) is 0.250. The minimum Gasteiger partial charge on any atom is -0.345 e. The van der Waals surface area contributed by atoms with Crippen molar-refractivity contribution < 1.29 is 22.4 Å².